The normalized spacial score (nSPS) is 29.0. The number of rotatable bonds is 2. The lowest BCUT2D eigenvalue weighted by Crippen LogP contribution is -2.70. The van der Waals surface area contributed by atoms with Gasteiger partial charge in [-0.2, -0.15) is 0 Å². The van der Waals surface area contributed by atoms with Crippen LogP contribution in [0.4, 0.5) is 0 Å². The molecule has 0 spiro atoms. The summed E-state index contributed by atoms with van der Waals surface area (Å²) < 4.78 is 0. The van der Waals surface area contributed by atoms with E-state index in [1.165, 1.54) is 19.3 Å². The first kappa shape index (κ1) is 16.3. The number of nitrogens with one attached hydrogen (secondary N) is 1. The molecule has 0 aromatic rings. The van der Waals surface area contributed by atoms with E-state index in [9.17, 15) is 9.59 Å². The Bertz CT molecular complexity index is 406. The van der Waals surface area contributed by atoms with Crippen molar-refractivity contribution in [1.29, 1.82) is 0 Å². The van der Waals surface area contributed by atoms with Crippen LogP contribution in [0.5, 0.6) is 0 Å². The molecule has 0 aromatic heterocycles. The second-order valence-electron chi connectivity index (χ2n) is 8.04. The third-order valence-electron chi connectivity index (χ3n) is 4.80. The van der Waals surface area contributed by atoms with Crippen molar-refractivity contribution >= 4 is 11.8 Å². The minimum absolute atomic E-state index is 0.0198. The molecule has 21 heavy (non-hydrogen) atoms. The third-order valence-corrected chi connectivity index (χ3v) is 4.80. The highest BCUT2D eigenvalue weighted by Gasteiger charge is 2.49. The fourth-order valence-corrected chi connectivity index (χ4v) is 3.72. The molecule has 2 fully saturated rings. The Kier molecular flexibility index (Phi) is 4.64. The molecule has 1 aliphatic carbocycles. The highest BCUT2D eigenvalue weighted by Crippen LogP contribution is 2.34. The zero-order chi connectivity index (χ0) is 15.8. The van der Waals surface area contributed by atoms with Crippen molar-refractivity contribution in [2.45, 2.75) is 84.8 Å². The van der Waals surface area contributed by atoms with Gasteiger partial charge in [0.25, 0.3) is 0 Å². The summed E-state index contributed by atoms with van der Waals surface area (Å²) in [5, 5.41) is 2.96. The largest absolute Gasteiger partial charge is 0.342 e. The van der Waals surface area contributed by atoms with E-state index in [-0.39, 0.29) is 41.3 Å². The standard InChI is InChI=1S/C17H30N2O2/c1-11(2)13-16(21)19(12-9-7-6-8-10-12)14(15(20)18-13)17(3,4)5/h11-14H,6-10H2,1-5H3,(H,18,20). The van der Waals surface area contributed by atoms with E-state index in [1.54, 1.807) is 0 Å². The van der Waals surface area contributed by atoms with E-state index < -0.39 is 0 Å². The molecule has 2 amide bonds. The van der Waals surface area contributed by atoms with Gasteiger partial charge in [0.2, 0.25) is 11.8 Å². The number of piperazine rings is 1. The minimum Gasteiger partial charge on any atom is -0.342 e. The lowest BCUT2D eigenvalue weighted by Gasteiger charge is -2.49. The van der Waals surface area contributed by atoms with Gasteiger partial charge < -0.3 is 10.2 Å². The van der Waals surface area contributed by atoms with Crippen molar-refractivity contribution in [3.63, 3.8) is 0 Å². The zero-order valence-corrected chi connectivity index (χ0v) is 14.1. The Morgan fingerprint density at radius 1 is 1.10 bits per heavy atom. The van der Waals surface area contributed by atoms with Gasteiger partial charge >= 0.3 is 0 Å². The molecule has 4 heteroatoms. The summed E-state index contributed by atoms with van der Waals surface area (Å²) in [4.78, 5) is 27.6. The summed E-state index contributed by atoms with van der Waals surface area (Å²) >= 11 is 0. The predicted molar refractivity (Wildman–Crippen MR) is 83.7 cm³/mol. The molecular weight excluding hydrogens is 264 g/mol. The van der Waals surface area contributed by atoms with Crippen LogP contribution < -0.4 is 5.32 Å². The first-order chi connectivity index (χ1) is 9.73. The first-order valence-corrected chi connectivity index (χ1v) is 8.36. The minimum atomic E-state index is -0.363. The summed E-state index contributed by atoms with van der Waals surface area (Å²) in [5.74, 6) is 0.274. The van der Waals surface area contributed by atoms with Crippen molar-refractivity contribution in [3.05, 3.63) is 0 Å². The van der Waals surface area contributed by atoms with Gasteiger partial charge in [-0.15, -0.1) is 0 Å². The van der Waals surface area contributed by atoms with Crippen molar-refractivity contribution in [2.75, 3.05) is 0 Å². The summed E-state index contributed by atoms with van der Waals surface area (Å²) in [7, 11) is 0. The van der Waals surface area contributed by atoms with E-state index in [2.05, 4.69) is 26.1 Å². The molecule has 1 saturated heterocycles. The number of carbonyl (C=O) groups is 2. The van der Waals surface area contributed by atoms with Crippen LogP contribution >= 0.6 is 0 Å². The SMILES string of the molecule is CC(C)C1NC(=O)C(C(C)(C)C)N(C2CCCCC2)C1=O. The van der Waals surface area contributed by atoms with Crippen LogP contribution in [0.1, 0.15) is 66.7 Å². The Labute approximate surface area is 128 Å². The number of carbonyl (C=O) groups excluding carboxylic acids is 2. The number of nitrogens with zero attached hydrogens (tertiary/aromatic N) is 1. The second-order valence-corrected chi connectivity index (χ2v) is 8.04. The summed E-state index contributed by atoms with van der Waals surface area (Å²) in [6.07, 6.45) is 5.66. The Hall–Kier alpha value is -1.06. The van der Waals surface area contributed by atoms with Gasteiger partial charge in [-0.3, -0.25) is 9.59 Å². The van der Waals surface area contributed by atoms with Crippen molar-refractivity contribution in [1.82, 2.24) is 10.2 Å². The zero-order valence-electron chi connectivity index (χ0n) is 14.1. The molecule has 2 atom stereocenters. The molecule has 2 aliphatic rings. The van der Waals surface area contributed by atoms with E-state index in [0.29, 0.717) is 0 Å². The number of amides is 2. The molecule has 2 rings (SSSR count). The second kappa shape index (κ2) is 5.98. The van der Waals surface area contributed by atoms with Crippen LogP contribution in [0.25, 0.3) is 0 Å². The van der Waals surface area contributed by atoms with Crippen molar-refractivity contribution < 1.29 is 9.59 Å². The fraction of sp³-hybridized carbons (Fsp3) is 0.882. The van der Waals surface area contributed by atoms with Crippen LogP contribution in [-0.2, 0) is 9.59 Å². The summed E-state index contributed by atoms with van der Waals surface area (Å²) in [5.41, 5.74) is -0.237. The molecule has 1 heterocycles. The van der Waals surface area contributed by atoms with Gasteiger partial charge in [-0.05, 0) is 24.2 Å². The summed E-state index contributed by atoms with van der Waals surface area (Å²) in [6, 6.07) is -0.469. The van der Waals surface area contributed by atoms with E-state index in [1.807, 2.05) is 18.7 Å². The van der Waals surface area contributed by atoms with Crippen molar-refractivity contribution in [3.8, 4) is 0 Å². The van der Waals surface area contributed by atoms with Gasteiger partial charge in [0.15, 0.2) is 0 Å². The Balaban J connectivity index is 2.34. The lowest BCUT2D eigenvalue weighted by atomic mass is 9.79. The molecule has 0 bridgehead atoms. The Morgan fingerprint density at radius 2 is 1.67 bits per heavy atom. The van der Waals surface area contributed by atoms with Gasteiger partial charge in [0.05, 0.1) is 0 Å². The van der Waals surface area contributed by atoms with Gasteiger partial charge in [-0.25, -0.2) is 0 Å². The van der Waals surface area contributed by atoms with Crippen molar-refractivity contribution in [2.24, 2.45) is 11.3 Å². The van der Waals surface area contributed by atoms with E-state index in [4.69, 9.17) is 0 Å². The molecule has 1 aliphatic heterocycles. The van der Waals surface area contributed by atoms with Gasteiger partial charge in [-0.1, -0.05) is 53.9 Å². The number of hydrogen-bond acceptors (Lipinski definition) is 2. The van der Waals surface area contributed by atoms with Crippen LogP contribution in [0, 0.1) is 11.3 Å². The molecular formula is C17H30N2O2. The van der Waals surface area contributed by atoms with E-state index >= 15 is 0 Å². The van der Waals surface area contributed by atoms with Crippen LogP contribution in [0.2, 0.25) is 0 Å². The highest BCUT2D eigenvalue weighted by atomic mass is 16.2. The average molecular weight is 294 g/mol. The Morgan fingerprint density at radius 3 is 2.14 bits per heavy atom. The number of hydrogen-bond donors (Lipinski definition) is 1. The molecule has 4 nitrogen and oxygen atoms in total. The highest BCUT2D eigenvalue weighted by molar-refractivity contribution is 5.97. The maximum absolute atomic E-state index is 13.0. The molecule has 1 N–H and O–H groups in total. The topological polar surface area (TPSA) is 49.4 Å². The fourth-order valence-electron chi connectivity index (χ4n) is 3.72. The van der Waals surface area contributed by atoms with Crippen LogP contribution in [-0.4, -0.2) is 34.8 Å². The molecule has 120 valence electrons. The quantitative estimate of drug-likeness (QED) is 0.851. The molecule has 0 radical (unpaired) electrons. The molecule has 0 aromatic carbocycles. The monoisotopic (exact) mass is 294 g/mol. The van der Waals surface area contributed by atoms with E-state index in [0.717, 1.165) is 12.8 Å². The lowest BCUT2D eigenvalue weighted by molar-refractivity contribution is -0.159. The van der Waals surface area contributed by atoms with Crippen LogP contribution in [0.3, 0.4) is 0 Å². The smallest absolute Gasteiger partial charge is 0.246 e. The third kappa shape index (κ3) is 3.24. The average Bonchev–Trinajstić information content (AvgIpc) is 2.39. The maximum atomic E-state index is 13.0. The van der Waals surface area contributed by atoms with Gasteiger partial charge in [0, 0.05) is 6.04 Å². The molecule has 1 saturated carbocycles. The predicted octanol–water partition coefficient (Wildman–Crippen LogP) is 2.72. The summed E-state index contributed by atoms with van der Waals surface area (Å²) in [6.45, 7) is 10.2. The van der Waals surface area contributed by atoms with Gasteiger partial charge in [0.1, 0.15) is 12.1 Å². The van der Waals surface area contributed by atoms with Crippen LogP contribution in [0.15, 0.2) is 0 Å². The molecule has 2 unspecified atom stereocenters. The maximum Gasteiger partial charge on any atom is 0.246 e. The first-order valence-electron chi connectivity index (χ1n) is 8.36.